The molecule has 0 unspecified atom stereocenters. The summed E-state index contributed by atoms with van der Waals surface area (Å²) in [6, 6.07) is 27.1. The Labute approximate surface area is 179 Å². The van der Waals surface area contributed by atoms with Crippen LogP contribution in [0.2, 0.25) is 0 Å². The Kier molecular flexibility index (Phi) is 5.75. The number of amides is 2. The summed E-state index contributed by atoms with van der Waals surface area (Å²) >= 11 is 0. The third-order valence-electron chi connectivity index (χ3n) is 4.58. The van der Waals surface area contributed by atoms with Crippen molar-refractivity contribution in [2.45, 2.75) is 0 Å². The molecule has 3 aromatic carbocycles. The smallest absolute Gasteiger partial charge is 0.359 e. The van der Waals surface area contributed by atoms with Crippen molar-refractivity contribution >= 4 is 23.4 Å². The highest BCUT2D eigenvalue weighted by Crippen LogP contribution is 2.33. The van der Waals surface area contributed by atoms with Crippen LogP contribution < -0.4 is 10.6 Å². The van der Waals surface area contributed by atoms with Gasteiger partial charge in [-0.2, -0.15) is 5.10 Å². The van der Waals surface area contributed by atoms with Crippen LogP contribution in [0.5, 0.6) is 0 Å². The fourth-order valence-electron chi connectivity index (χ4n) is 3.17. The number of anilines is 2. The van der Waals surface area contributed by atoms with Crippen molar-refractivity contribution in [2.75, 3.05) is 17.7 Å². The van der Waals surface area contributed by atoms with Gasteiger partial charge in [-0.15, -0.1) is 0 Å². The Hall–Kier alpha value is -4.39. The van der Waals surface area contributed by atoms with E-state index in [9.17, 15) is 9.59 Å². The van der Waals surface area contributed by atoms with E-state index in [0.29, 0.717) is 17.1 Å². The predicted octanol–water partition coefficient (Wildman–Crippen LogP) is 4.97. The molecule has 1 heterocycles. The van der Waals surface area contributed by atoms with E-state index >= 15 is 0 Å². The molecule has 0 bridgehead atoms. The van der Waals surface area contributed by atoms with Gasteiger partial charge in [0.2, 0.25) is 0 Å². The van der Waals surface area contributed by atoms with Crippen LogP contribution in [0.3, 0.4) is 0 Å². The van der Waals surface area contributed by atoms with E-state index in [0.717, 1.165) is 5.56 Å². The normalized spacial score (nSPS) is 10.4. The van der Waals surface area contributed by atoms with Crippen molar-refractivity contribution in [3.63, 3.8) is 0 Å². The average molecular weight is 412 g/mol. The summed E-state index contributed by atoms with van der Waals surface area (Å²) in [5.41, 5.74) is 2.87. The van der Waals surface area contributed by atoms with Crippen LogP contribution >= 0.6 is 0 Å². The fraction of sp³-hybridized carbons (Fsp3) is 0.0417. The first-order chi connectivity index (χ1) is 15.2. The lowest BCUT2D eigenvalue weighted by Gasteiger charge is -2.10. The predicted molar refractivity (Wildman–Crippen MR) is 119 cm³/mol. The van der Waals surface area contributed by atoms with Crippen LogP contribution in [0, 0.1) is 0 Å². The maximum Gasteiger partial charge on any atom is 0.359 e. The zero-order valence-electron chi connectivity index (χ0n) is 16.8. The minimum absolute atomic E-state index is 0.121. The molecule has 0 aliphatic rings. The number of rotatable bonds is 5. The number of ether oxygens (including phenoxy) is 1. The number of aromatic nitrogens is 2. The van der Waals surface area contributed by atoms with Gasteiger partial charge >= 0.3 is 12.0 Å². The van der Waals surface area contributed by atoms with Gasteiger partial charge in [-0.3, -0.25) is 0 Å². The molecule has 0 saturated heterocycles. The first kappa shape index (κ1) is 19.9. The zero-order chi connectivity index (χ0) is 21.6. The summed E-state index contributed by atoms with van der Waals surface area (Å²) in [5.74, 6) is -0.617. The minimum atomic E-state index is -0.617. The van der Waals surface area contributed by atoms with Gasteiger partial charge in [-0.05, 0) is 24.3 Å². The van der Waals surface area contributed by atoms with Gasteiger partial charge in [-0.25, -0.2) is 14.3 Å². The zero-order valence-corrected chi connectivity index (χ0v) is 16.8. The van der Waals surface area contributed by atoms with E-state index in [2.05, 4.69) is 15.7 Å². The van der Waals surface area contributed by atoms with Crippen LogP contribution in [0.1, 0.15) is 10.5 Å². The lowest BCUT2D eigenvalue weighted by molar-refractivity contribution is 0.0591. The van der Waals surface area contributed by atoms with E-state index in [4.69, 9.17) is 4.74 Å². The largest absolute Gasteiger partial charge is 0.464 e. The topological polar surface area (TPSA) is 85.2 Å². The first-order valence-corrected chi connectivity index (χ1v) is 9.62. The molecule has 1 aromatic heterocycles. The van der Waals surface area contributed by atoms with E-state index in [-0.39, 0.29) is 11.4 Å². The number of urea groups is 1. The molecule has 0 atom stereocenters. The molecule has 7 heteroatoms. The molecule has 0 spiro atoms. The number of para-hydroxylation sites is 2. The molecular weight excluding hydrogens is 392 g/mol. The van der Waals surface area contributed by atoms with Crippen LogP contribution in [0.15, 0.2) is 91.0 Å². The second kappa shape index (κ2) is 8.96. The number of methoxy groups -OCH3 is 1. The van der Waals surface area contributed by atoms with Gasteiger partial charge in [0.1, 0.15) is 11.4 Å². The highest BCUT2D eigenvalue weighted by atomic mass is 16.5. The minimum Gasteiger partial charge on any atom is -0.464 e. The molecule has 2 amide bonds. The van der Waals surface area contributed by atoms with Crippen LogP contribution in [-0.4, -0.2) is 28.9 Å². The monoisotopic (exact) mass is 412 g/mol. The molecular formula is C24H20N4O3. The third kappa shape index (κ3) is 4.30. The van der Waals surface area contributed by atoms with E-state index in [1.807, 2.05) is 78.9 Å². The maximum absolute atomic E-state index is 12.8. The summed E-state index contributed by atoms with van der Waals surface area (Å²) in [6.45, 7) is 0. The van der Waals surface area contributed by atoms with Crippen molar-refractivity contribution in [1.29, 1.82) is 0 Å². The Bertz CT molecular complexity index is 1190. The van der Waals surface area contributed by atoms with Gasteiger partial charge < -0.3 is 15.4 Å². The molecule has 0 saturated carbocycles. The number of hydrogen-bond acceptors (Lipinski definition) is 4. The number of carbonyl (C=O) groups excluding carboxylic acids is 2. The molecule has 4 aromatic rings. The summed E-state index contributed by atoms with van der Waals surface area (Å²) in [7, 11) is 1.29. The van der Waals surface area contributed by atoms with Gasteiger partial charge in [0.05, 0.1) is 12.8 Å². The van der Waals surface area contributed by atoms with Crippen molar-refractivity contribution in [1.82, 2.24) is 9.78 Å². The molecule has 154 valence electrons. The van der Waals surface area contributed by atoms with Crippen LogP contribution in [0.25, 0.3) is 16.9 Å². The molecule has 0 fully saturated rings. The van der Waals surface area contributed by atoms with Gasteiger partial charge in [0.25, 0.3) is 0 Å². The summed E-state index contributed by atoms with van der Waals surface area (Å²) in [4.78, 5) is 25.5. The number of benzene rings is 3. The van der Waals surface area contributed by atoms with Crippen molar-refractivity contribution < 1.29 is 14.3 Å². The Morgan fingerprint density at radius 1 is 0.806 bits per heavy atom. The molecule has 4 rings (SSSR count). The molecule has 31 heavy (non-hydrogen) atoms. The van der Waals surface area contributed by atoms with Gasteiger partial charge in [0, 0.05) is 11.3 Å². The molecule has 0 aliphatic carbocycles. The van der Waals surface area contributed by atoms with Gasteiger partial charge in [0.15, 0.2) is 5.69 Å². The highest BCUT2D eigenvalue weighted by molar-refractivity contribution is 6.07. The average Bonchev–Trinajstić information content (AvgIpc) is 3.19. The van der Waals surface area contributed by atoms with Crippen molar-refractivity contribution in [2.24, 2.45) is 0 Å². The summed E-state index contributed by atoms with van der Waals surface area (Å²) in [6.07, 6.45) is 0. The number of nitrogens with zero attached hydrogens (tertiary/aromatic N) is 2. The Balaban J connectivity index is 1.83. The lowest BCUT2D eigenvalue weighted by Crippen LogP contribution is -2.22. The van der Waals surface area contributed by atoms with Crippen LogP contribution in [0.4, 0.5) is 16.2 Å². The maximum atomic E-state index is 12.8. The lowest BCUT2D eigenvalue weighted by atomic mass is 10.1. The second-order valence-electron chi connectivity index (χ2n) is 6.62. The second-order valence-corrected chi connectivity index (χ2v) is 6.62. The van der Waals surface area contributed by atoms with Gasteiger partial charge in [-0.1, -0.05) is 66.7 Å². The summed E-state index contributed by atoms with van der Waals surface area (Å²) < 4.78 is 6.50. The number of nitrogens with one attached hydrogen (secondary N) is 2. The molecule has 0 radical (unpaired) electrons. The van der Waals surface area contributed by atoms with Crippen molar-refractivity contribution in [3.8, 4) is 16.9 Å². The Morgan fingerprint density at radius 2 is 1.39 bits per heavy atom. The fourth-order valence-corrected chi connectivity index (χ4v) is 3.17. The SMILES string of the molecule is COC(=O)c1c(NC(=O)Nc2ccccc2)c(-c2ccccc2)nn1-c1ccccc1. The third-order valence-corrected chi connectivity index (χ3v) is 4.58. The number of carbonyl (C=O) groups is 2. The molecule has 7 nitrogen and oxygen atoms in total. The van der Waals surface area contributed by atoms with E-state index in [1.165, 1.54) is 11.8 Å². The van der Waals surface area contributed by atoms with E-state index in [1.54, 1.807) is 12.1 Å². The first-order valence-electron chi connectivity index (χ1n) is 9.62. The highest BCUT2D eigenvalue weighted by Gasteiger charge is 2.27. The van der Waals surface area contributed by atoms with Crippen LogP contribution in [-0.2, 0) is 4.74 Å². The Morgan fingerprint density at radius 3 is 2.00 bits per heavy atom. The van der Waals surface area contributed by atoms with E-state index < -0.39 is 12.0 Å². The molecule has 2 N–H and O–H groups in total. The van der Waals surface area contributed by atoms with Crippen molar-refractivity contribution in [3.05, 3.63) is 96.7 Å². The molecule has 0 aliphatic heterocycles. The number of hydrogen-bond donors (Lipinski definition) is 2. The number of esters is 1. The summed E-state index contributed by atoms with van der Waals surface area (Å²) in [5, 5.41) is 10.2. The quantitative estimate of drug-likeness (QED) is 0.453. The standard InChI is InChI=1S/C24H20N4O3/c1-31-23(29)22-21(26-24(30)25-18-13-7-3-8-14-18)20(17-11-5-2-6-12-17)27-28(22)19-15-9-4-10-16-19/h2-16H,1H3,(H2,25,26,30).